The Kier molecular flexibility index (Phi) is 5.19. The molecule has 0 radical (unpaired) electrons. The lowest BCUT2D eigenvalue weighted by atomic mass is 10.2. The highest BCUT2D eigenvalue weighted by Gasteiger charge is 2.21. The van der Waals surface area contributed by atoms with Crippen LogP contribution in [-0.2, 0) is 14.6 Å². The van der Waals surface area contributed by atoms with E-state index in [1.807, 2.05) is 29.2 Å². The zero-order chi connectivity index (χ0) is 15.3. The first-order valence-corrected chi connectivity index (χ1v) is 8.82. The summed E-state index contributed by atoms with van der Waals surface area (Å²) in [7, 11) is -1.08. The van der Waals surface area contributed by atoms with E-state index >= 15 is 0 Å². The Hall–Kier alpha value is -1.60. The quantitative estimate of drug-likeness (QED) is 0.826. The van der Waals surface area contributed by atoms with Gasteiger partial charge in [0.05, 0.1) is 11.5 Å². The van der Waals surface area contributed by atoms with E-state index in [0.717, 1.165) is 11.4 Å². The molecule has 0 saturated carbocycles. The Labute approximate surface area is 125 Å². The number of nitrogens with one attached hydrogen (secondary N) is 2. The first-order chi connectivity index (χ1) is 10.00. The molecule has 1 aromatic rings. The van der Waals surface area contributed by atoms with Gasteiger partial charge in [0.1, 0.15) is 0 Å². The number of benzene rings is 1. The summed E-state index contributed by atoms with van der Waals surface area (Å²) in [5.74, 6) is 0.333. The smallest absolute Gasteiger partial charge is 0.225 e. The SMILES string of the molecule is CNCCC(=O)Nc1cccc(N2CCS(=O)(=O)CC2)c1. The highest BCUT2D eigenvalue weighted by Crippen LogP contribution is 2.21. The predicted molar refractivity (Wildman–Crippen MR) is 84.5 cm³/mol. The van der Waals surface area contributed by atoms with Crippen LogP contribution in [0.4, 0.5) is 11.4 Å². The number of carbonyl (C=O) groups excluding carboxylic acids is 1. The molecular formula is C14H21N3O3S. The lowest BCUT2D eigenvalue weighted by Crippen LogP contribution is -2.40. The number of anilines is 2. The molecule has 6 nitrogen and oxygen atoms in total. The van der Waals surface area contributed by atoms with Crippen molar-refractivity contribution in [1.29, 1.82) is 0 Å². The fourth-order valence-corrected chi connectivity index (χ4v) is 3.41. The highest BCUT2D eigenvalue weighted by atomic mass is 32.2. The van der Waals surface area contributed by atoms with Crippen LogP contribution in [0.5, 0.6) is 0 Å². The van der Waals surface area contributed by atoms with Gasteiger partial charge in [0, 0.05) is 37.4 Å². The minimum atomic E-state index is -2.88. The highest BCUT2D eigenvalue weighted by molar-refractivity contribution is 7.91. The van der Waals surface area contributed by atoms with Gasteiger partial charge in [-0.2, -0.15) is 0 Å². The molecule has 1 fully saturated rings. The van der Waals surface area contributed by atoms with Crippen molar-refractivity contribution in [3.05, 3.63) is 24.3 Å². The van der Waals surface area contributed by atoms with E-state index in [4.69, 9.17) is 0 Å². The zero-order valence-corrected chi connectivity index (χ0v) is 12.9. The van der Waals surface area contributed by atoms with Crippen molar-refractivity contribution in [2.45, 2.75) is 6.42 Å². The molecule has 7 heteroatoms. The number of amides is 1. The van der Waals surface area contributed by atoms with Gasteiger partial charge >= 0.3 is 0 Å². The summed E-state index contributed by atoms with van der Waals surface area (Å²) < 4.78 is 22.9. The summed E-state index contributed by atoms with van der Waals surface area (Å²) in [5.41, 5.74) is 1.68. The molecule has 1 aliphatic heterocycles. The van der Waals surface area contributed by atoms with Crippen molar-refractivity contribution in [3.8, 4) is 0 Å². The van der Waals surface area contributed by atoms with E-state index in [9.17, 15) is 13.2 Å². The molecule has 0 atom stereocenters. The van der Waals surface area contributed by atoms with Crippen molar-refractivity contribution in [2.75, 3.05) is 48.4 Å². The standard InChI is InChI=1S/C14H21N3O3S/c1-15-6-5-14(18)16-12-3-2-4-13(11-12)17-7-9-21(19,20)10-8-17/h2-4,11,15H,5-10H2,1H3,(H,16,18). The van der Waals surface area contributed by atoms with Crippen LogP contribution in [0, 0.1) is 0 Å². The summed E-state index contributed by atoms with van der Waals surface area (Å²) in [5, 5.41) is 5.78. The molecule has 1 heterocycles. The predicted octanol–water partition coefficient (Wildman–Crippen LogP) is 0.469. The molecule has 21 heavy (non-hydrogen) atoms. The van der Waals surface area contributed by atoms with Crippen molar-refractivity contribution in [3.63, 3.8) is 0 Å². The third-order valence-corrected chi connectivity index (χ3v) is 5.05. The van der Waals surface area contributed by atoms with Crippen LogP contribution in [0.15, 0.2) is 24.3 Å². The molecule has 0 aromatic heterocycles. The second-order valence-corrected chi connectivity index (χ2v) is 7.39. The monoisotopic (exact) mass is 311 g/mol. The van der Waals surface area contributed by atoms with Crippen LogP contribution in [0.2, 0.25) is 0 Å². The Balaban J connectivity index is 1.99. The Morgan fingerprint density at radius 1 is 1.29 bits per heavy atom. The maximum absolute atomic E-state index is 11.7. The summed E-state index contributed by atoms with van der Waals surface area (Å²) in [4.78, 5) is 13.7. The fourth-order valence-electron chi connectivity index (χ4n) is 2.21. The van der Waals surface area contributed by atoms with Crippen LogP contribution in [0.25, 0.3) is 0 Å². The zero-order valence-electron chi connectivity index (χ0n) is 12.1. The molecule has 1 amide bonds. The van der Waals surface area contributed by atoms with E-state index in [1.165, 1.54) is 0 Å². The maximum Gasteiger partial charge on any atom is 0.225 e. The molecule has 0 spiro atoms. The maximum atomic E-state index is 11.7. The number of carbonyl (C=O) groups is 1. The molecule has 2 N–H and O–H groups in total. The molecule has 0 bridgehead atoms. The van der Waals surface area contributed by atoms with Crippen LogP contribution in [-0.4, -0.2) is 52.5 Å². The van der Waals surface area contributed by atoms with Crippen molar-refractivity contribution in [1.82, 2.24) is 5.32 Å². The molecule has 1 saturated heterocycles. The van der Waals surface area contributed by atoms with Crippen molar-refractivity contribution >= 4 is 27.1 Å². The summed E-state index contributed by atoms with van der Waals surface area (Å²) >= 11 is 0. The van der Waals surface area contributed by atoms with E-state index < -0.39 is 9.84 Å². The number of nitrogens with zero attached hydrogens (tertiary/aromatic N) is 1. The molecule has 1 aliphatic rings. The van der Waals surface area contributed by atoms with E-state index in [2.05, 4.69) is 10.6 Å². The fraction of sp³-hybridized carbons (Fsp3) is 0.500. The molecule has 0 unspecified atom stereocenters. The molecular weight excluding hydrogens is 290 g/mol. The second kappa shape index (κ2) is 6.91. The van der Waals surface area contributed by atoms with Gasteiger partial charge in [-0.15, -0.1) is 0 Å². The van der Waals surface area contributed by atoms with E-state index in [0.29, 0.717) is 26.1 Å². The summed E-state index contributed by atoms with van der Waals surface area (Å²) in [6.07, 6.45) is 0.419. The average Bonchev–Trinajstić information content (AvgIpc) is 2.45. The van der Waals surface area contributed by atoms with Gasteiger partial charge in [0.15, 0.2) is 9.84 Å². The van der Waals surface area contributed by atoms with Gasteiger partial charge in [-0.05, 0) is 25.2 Å². The van der Waals surface area contributed by atoms with Gasteiger partial charge in [0.2, 0.25) is 5.91 Å². The van der Waals surface area contributed by atoms with Gasteiger partial charge < -0.3 is 15.5 Å². The topological polar surface area (TPSA) is 78.5 Å². The van der Waals surface area contributed by atoms with Crippen molar-refractivity contribution < 1.29 is 13.2 Å². The summed E-state index contributed by atoms with van der Waals surface area (Å²) in [6.45, 7) is 1.63. The molecule has 0 aliphatic carbocycles. The third-order valence-electron chi connectivity index (χ3n) is 3.44. The largest absolute Gasteiger partial charge is 0.369 e. The second-order valence-electron chi connectivity index (χ2n) is 5.09. The normalized spacial score (nSPS) is 17.5. The van der Waals surface area contributed by atoms with E-state index in [-0.39, 0.29) is 17.4 Å². The number of sulfone groups is 1. The lowest BCUT2D eigenvalue weighted by Gasteiger charge is -2.29. The van der Waals surface area contributed by atoms with Gasteiger partial charge in [-0.3, -0.25) is 4.79 Å². The van der Waals surface area contributed by atoms with Gasteiger partial charge in [-0.25, -0.2) is 8.42 Å². The molecule has 1 aromatic carbocycles. The Bertz CT molecular complexity index is 587. The van der Waals surface area contributed by atoms with Crippen LogP contribution < -0.4 is 15.5 Å². The van der Waals surface area contributed by atoms with Crippen LogP contribution in [0.3, 0.4) is 0 Å². The van der Waals surface area contributed by atoms with E-state index in [1.54, 1.807) is 7.05 Å². The van der Waals surface area contributed by atoms with Crippen LogP contribution in [0.1, 0.15) is 6.42 Å². The van der Waals surface area contributed by atoms with Gasteiger partial charge in [0.25, 0.3) is 0 Å². The third kappa shape index (κ3) is 4.71. The van der Waals surface area contributed by atoms with Crippen LogP contribution >= 0.6 is 0 Å². The van der Waals surface area contributed by atoms with Crippen molar-refractivity contribution in [2.24, 2.45) is 0 Å². The summed E-state index contributed by atoms with van der Waals surface area (Å²) in [6, 6.07) is 7.52. The first-order valence-electron chi connectivity index (χ1n) is 7.00. The average molecular weight is 311 g/mol. The number of hydrogen-bond donors (Lipinski definition) is 2. The first kappa shape index (κ1) is 15.8. The Morgan fingerprint density at radius 3 is 2.67 bits per heavy atom. The minimum Gasteiger partial charge on any atom is -0.369 e. The number of rotatable bonds is 5. The lowest BCUT2D eigenvalue weighted by molar-refractivity contribution is -0.116. The Morgan fingerprint density at radius 2 is 2.00 bits per heavy atom. The minimum absolute atomic E-state index is 0.0391. The molecule has 2 rings (SSSR count). The van der Waals surface area contributed by atoms with Gasteiger partial charge in [-0.1, -0.05) is 6.07 Å². The number of hydrogen-bond acceptors (Lipinski definition) is 5. The molecule has 116 valence electrons.